The van der Waals surface area contributed by atoms with E-state index in [0.29, 0.717) is 18.5 Å². The molecule has 1 aromatic carbocycles. The van der Waals surface area contributed by atoms with Crippen molar-refractivity contribution in [1.29, 1.82) is 0 Å². The fraction of sp³-hybridized carbons (Fsp3) is 0.455. The zero-order valence-electron chi connectivity index (χ0n) is 8.21. The monoisotopic (exact) mass is 213 g/mol. The van der Waals surface area contributed by atoms with E-state index in [2.05, 4.69) is 5.32 Å². The number of hydrogen-bond acceptors (Lipinski definition) is 2. The summed E-state index contributed by atoms with van der Waals surface area (Å²) in [7, 11) is 0. The molecule has 0 saturated carbocycles. The van der Waals surface area contributed by atoms with E-state index in [0.717, 1.165) is 0 Å². The molecule has 15 heavy (non-hydrogen) atoms. The maximum absolute atomic E-state index is 13.5. The Morgan fingerprint density at radius 1 is 1.40 bits per heavy atom. The predicted molar refractivity (Wildman–Crippen MR) is 53.0 cm³/mol. The second kappa shape index (κ2) is 3.77. The second-order valence-electron chi connectivity index (χ2n) is 3.85. The number of phenols is 1. The maximum atomic E-state index is 13.5. The topological polar surface area (TPSA) is 32.3 Å². The van der Waals surface area contributed by atoms with Crippen LogP contribution in [0.1, 0.15) is 24.4 Å². The Labute approximate surface area is 86.9 Å². The van der Waals surface area contributed by atoms with Crippen molar-refractivity contribution in [3.8, 4) is 5.75 Å². The predicted octanol–water partition coefficient (Wildman–Crippen LogP) is 2.45. The van der Waals surface area contributed by atoms with Crippen molar-refractivity contribution in [3.05, 3.63) is 29.8 Å². The Morgan fingerprint density at radius 3 is 2.87 bits per heavy atom. The molecule has 2 rings (SSSR count). The fourth-order valence-electron chi connectivity index (χ4n) is 1.93. The molecule has 1 unspecified atom stereocenters. The van der Waals surface area contributed by atoms with Crippen LogP contribution in [0.4, 0.5) is 8.78 Å². The number of piperidine rings is 1. The fourth-order valence-corrected chi connectivity index (χ4v) is 1.93. The molecule has 1 saturated heterocycles. The van der Waals surface area contributed by atoms with E-state index >= 15 is 0 Å². The van der Waals surface area contributed by atoms with Crippen LogP contribution >= 0.6 is 0 Å². The molecule has 82 valence electrons. The number of hydrogen-bond donors (Lipinski definition) is 2. The number of alkyl halides is 2. The minimum Gasteiger partial charge on any atom is -0.508 e. The molecule has 1 aliphatic rings. The van der Waals surface area contributed by atoms with Crippen molar-refractivity contribution in [2.45, 2.75) is 24.8 Å². The summed E-state index contributed by atoms with van der Waals surface area (Å²) < 4.78 is 27.1. The molecule has 1 atom stereocenters. The molecule has 0 spiro atoms. The molecule has 0 bridgehead atoms. The van der Waals surface area contributed by atoms with Gasteiger partial charge >= 0.3 is 0 Å². The van der Waals surface area contributed by atoms with Gasteiger partial charge in [-0.15, -0.1) is 0 Å². The van der Waals surface area contributed by atoms with Gasteiger partial charge in [0.05, 0.1) is 6.04 Å². The Hall–Kier alpha value is -1.16. The van der Waals surface area contributed by atoms with Gasteiger partial charge in [-0.2, -0.15) is 0 Å². The number of nitrogens with one attached hydrogen (secondary N) is 1. The van der Waals surface area contributed by atoms with Crippen molar-refractivity contribution < 1.29 is 13.9 Å². The van der Waals surface area contributed by atoms with Gasteiger partial charge in [-0.3, -0.25) is 0 Å². The number of rotatable bonds is 1. The van der Waals surface area contributed by atoms with Gasteiger partial charge in [-0.1, -0.05) is 12.1 Å². The second-order valence-corrected chi connectivity index (χ2v) is 3.85. The zero-order valence-corrected chi connectivity index (χ0v) is 8.21. The molecule has 2 nitrogen and oxygen atoms in total. The van der Waals surface area contributed by atoms with Gasteiger partial charge in [-0.25, -0.2) is 8.78 Å². The van der Waals surface area contributed by atoms with E-state index in [1.165, 1.54) is 12.1 Å². The van der Waals surface area contributed by atoms with Crippen LogP contribution in [0.15, 0.2) is 24.3 Å². The van der Waals surface area contributed by atoms with E-state index in [1.54, 1.807) is 12.1 Å². The molecule has 2 N–H and O–H groups in total. The summed E-state index contributed by atoms with van der Waals surface area (Å²) in [4.78, 5) is 0. The van der Waals surface area contributed by atoms with Crippen molar-refractivity contribution in [2.75, 3.05) is 6.54 Å². The third-order valence-corrected chi connectivity index (χ3v) is 2.66. The highest BCUT2D eigenvalue weighted by Gasteiger charge is 2.42. The first-order valence-corrected chi connectivity index (χ1v) is 5.00. The Bertz CT molecular complexity index is 354. The van der Waals surface area contributed by atoms with Crippen molar-refractivity contribution >= 4 is 0 Å². The zero-order chi connectivity index (χ0) is 10.9. The summed E-state index contributed by atoms with van der Waals surface area (Å²) in [5.41, 5.74) is 0.444. The molecule has 0 radical (unpaired) electrons. The Balaban J connectivity index is 2.29. The lowest BCUT2D eigenvalue weighted by atomic mass is 9.93. The van der Waals surface area contributed by atoms with Gasteiger partial charge in [0.15, 0.2) is 0 Å². The maximum Gasteiger partial charge on any atom is 0.267 e. The van der Waals surface area contributed by atoms with Crippen LogP contribution in [-0.2, 0) is 0 Å². The summed E-state index contributed by atoms with van der Waals surface area (Å²) in [5.74, 6) is -2.71. The SMILES string of the molecule is Oc1cccc(C2NCCCC2(F)F)c1. The van der Waals surface area contributed by atoms with Crippen molar-refractivity contribution in [3.63, 3.8) is 0 Å². The largest absolute Gasteiger partial charge is 0.508 e. The van der Waals surface area contributed by atoms with E-state index in [4.69, 9.17) is 0 Å². The highest BCUT2D eigenvalue weighted by Crippen LogP contribution is 2.38. The molecular formula is C11H13F2NO. The molecule has 0 aromatic heterocycles. The van der Waals surface area contributed by atoms with Gasteiger partial charge in [0.1, 0.15) is 5.75 Å². The van der Waals surface area contributed by atoms with Crippen LogP contribution < -0.4 is 5.32 Å². The molecule has 1 fully saturated rings. The first kappa shape index (κ1) is 10.4. The molecule has 1 aliphatic heterocycles. The lowest BCUT2D eigenvalue weighted by Gasteiger charge is -2.32. The summed E-state index contributed by atoms with van der Waals surface area (Å²) in [6, 6.07) is 5.08. The normalized spacial score (nSPS) is 25.1. The molecule has 1 heterocycles. The van der Waals surface area contributed by atoms with Crippen LogP contribution in [0.5, 0.6) is 5.75 Å². The first-order chi connectivity index (χ1) is 7.09. The number of phenolic OH excluding ortho intramolecular Hbond substituents is 1. The quantitative estimate of drug-likeness (QED) is 0.751. The minimum atomic E-state index is -2.73. The smallest absolute Gasteiger partial charge is 0.267 e. The van der Waals surface area contributed by atoms with Crippen LogP contribution in [-0.4, -0.2) is 17.6 Å². The molecular weight excluding hydrogens is 200 g/mol. The summed E-state index contributed by atoms with van der Waals surface area (Å²) in [6.07, 6.45) is 0.392. The van der Waals surface area contributed by atoms with Crippen LogP contribution in [0.2, 0.25) is 0 Å². The Kier molecular flexibility index (Phi) is 2.61. The van der Waals surface area contributed by atoms with Crippen LogP contribution in [0.25, 0.3) is 0 Å². The average molecular weight is 213 g/mol. The summed E-state index contributed by atoms with van der Waals surface area (Å²) >= 11 is 0. The standard InChI is InChI=1S/C11H13F2NO/c12-11(13)5-2-6-14-10(11)8-3-1-4-9(15)7-8/h1,3-4,7,10,14-15H,2,5-6H2. The third-order valence-electron chi connectivity index (χ3n) is 2.66. The molecule has 0 aliphatic carbocycles. The van der Waals surface area contributed by atoms with E-state index < -0.39 is 12.0 Å². The van der Waals surface area contributed by atoms with Crippen LogP contribution in [0, 0.1) is 0 Å². The summed E-state index contributed by atoms with van der Waals surface area (Å²) in [6.45, 7) is 0.593. The summed E-state index contributed by atoms with van der Waals surface area (Å²) in [5, 5.41) is 12.0. The number of halogens is 2. The van der Waals surface area contributed by atoms with E-state index in [9.17, 15) is 13.9 Å². The highest BCUT2D eigenvalue weighted by molar-refractivity contribution is 5.30. The Morgan fingerprint density at radius 2 is 2.20 bits per heavy atom. The van der Waals surface area contributed by atoms with Gasteiger partial charge in [-0.05, 0) is 30.7 Å². The van der Waals surface area contributed by atoms with Crippen molar-refractivity contribution in [2.24, 2.45) is 0 Å². The van der Waals surface area contributed by atoms with Gasteiger partial charge in [0.25, 0.3) is 5.92 Å². The molecule has 1 aromatic rings. The average Bonchev–Trinajstić information content (AvgIpc) is 2.17. The first-order valence-electron chi connectivity index (χ1n) is 5.00. The molecule has 0 amide bonds. The van der Waals surface area contributed by atoms with Gasteiger partial charge in [0.2, 0.25) is 0 Å². The highest BCUT2D eigenvalue weighted by atomic mass is 19.3. The van der Waals surface area contributed by atoms with Crippen molar-refractivity contribution in [1.82, 2.24) is 5.32 Å². The van der Waals surface area contributed by atoms with Gasteiger partial charge in [0, 0.05) is 6.42 Å². The van der Waals surface area contributed by atoms with E-state index in [1.807, 2.05) is 0 Å². The van der Waals surface area contributed by atoms with E-state index in [-0.39, 0.29) is 12.2 Å². The lowest BCUT2D eigenvalue weighted by molar-refractivity contribution is -0.0620. The third kappa shape index (κ3) is 2.09. The van der Waals surface area contributed by atoms with Gasteiger partial charge < -0.3 is 10.4 Å². The minimum absolute atomic E-state index is 0.0238. The van der Waals surface area contributed by atoms with Crippen LogP contribution in [0.3, 0.4) is 0 Å². The molecule has 4 heteroatoms. The number of benzene rings is 1. The number of aromatic hydroxyl groups is 1. The lowest BCUT2D eigenvalue weighted by Crippen LogP contribution is -2.42.